The number of benzene rings is 2. The fourth-order valence-corrected chi connectivity index (χ4v) is 1.94. The van der Waals surface area contributed by atoms with Crippen LogP contribution in [0.3, 0.4) is 0 Å². The van der Waals surface area contributed by atoms with Gasteiger partial charge in [0, 0.05) is 10.9 Å². The van der Waals surface area contributed by atoms with Gasteiger partial charge < -0.3 is 4.52 Å². The summed E-state index contributed by atoms with van der Waals surface area (Å²) in [6.07, 6.45) is 0.823. The molecule has 1 atom stereocenters. The molecule has 0 saturated carbocycles. The fourth-order valence-electron chi connectivity index (χ4n) is 1.24. The molecule has 2 nitrogen and oxygen atoms in total. The molecule has 0 bridgehead atoms. The third kappa shape index (κ3) is 2.91. The maximum absolute atomic E-state index is 10.5. The average molecular weight is 230 g/mol. The Balaban J connectivity index is 1.97. The van der Waals surface area contributed by atoms with Crippen molar-refractivity contribution in [1.29, 1.82) is 0 Å². The minimum Gasteiger partial charge on any atom is -0.472 e. The molecule has 16 heavy (non-hydrogen) atoms. The molecule has 80 valence electrons. The van der Waals surface area contributed by atoms with Crippen LogP contribution in [0.25, 0.3) is 0 Å². The maximum Gasteiger partial charge on any atom is 0.150 e. The van der Waals surface area contributed by atoms with E-state index >= 15 is 0 Å². The van der Waals surface area contributed by atoms with E-state index in [-0.39, 0.29) is 0 Å². The van der Waals surface area contributed by atoms with Gasteiger partial charge in [0.15, 0.2) is 0 Å². The molecule has 1 unspecified atom stereocenters. The van der Waals surface area contributed by atoms with E-state index in [2.05, 4.69) is 0 Å². The summed E-state index contributed by atoms with van der Waals surface area (Å²) in [6, 6.07) is 17.1. The van der Waals surface area contributed by atoms with Gasteiger partial charge in [0.25, 0.3) is 0 Å². The molecule has 2 aromatic rings. The summed E-state index contributed by atoms with van der Waals surface area (Å²) in [6.45, 7) is 0. The number of rotatable bonds is 4. The molecule has 0 aliphatic heterocycles. The third-order valence-corrected chi connectivity index (χ3v) is 2.98. The Morgan fingerprint density at radius 2 is 1.62 bits per heavy atom. The van der Waals surface area contributed by atoms with Crippen LogP contribution in [0.1, 0.15) is 10.4 Å². The summed E-state index contributed by atoms with van der Waals surface area (Å²) in [5.41, 5.74) is 0.662. The number of hydrogen-bond acceptors (Lipinski definition) is 2. The Labute approximate surface area is 96.1 Å². The predicted molar refractivity (Wildman–Crippen MR) is 66.8 cm³/mol. The van der Waals surface area contributed by atoms with Gasteiger partial charge in [-0.3, -0.25) is 4.79 Å². The van der Waals surface area contributed by atoms with Gasteiger partial charge >= 0.3 is 0 Å². The zero-order valence-corrected chi connectivity index (χ0v) is 9.59. The van der Waals surface area contributed by atoms with E-state index in [1.54, 1.807) is 24.3 Å². The molecule has 0 heterocycles. The molecule has 2 aromatic carbocycles. The summed E-state index contributed by atoms with van der Waals surface area (Å²) in [7, 11) is 0.291. The molecular formula is C13H11O2P. The lowest BCUT2D eigenvalue weighted by molar-refractivity contribution is 0.112. The van der Waals surface area contributed by atoms with Gasteiger partial charge in [0.05, 0.1) is 0 Å². The van der Waals surface area contributed by atoms with Crippen LogP contribution in [0, 0.1) is 0 Å². The lowest BCUT2D eigenvalue weighted by atomic mass is 10.2. The smallest absolute Gasteiger partial charge is 0.150 e. The standard InChI is InChI=1S/C13H11O2P/c14-10-11-6-8-12(9-7-11)15-16-13-4-2-1-3-5-13/h1-10,16H. The SMILES string of the molecule is O=Cc1ccc(OPc2ccccc2)cc1. The molecule has 0 N–H and O–H groups in total. The van der Waals surface area contributed by atoms with Crippen LogP contribution in [-0.2, 0) is 0 Å². The second-order valence-electron chi connectivity index (χ2n) is 3.26. The van der Waals surface area contributed by atoms with Crippen molar-refractivity contribution in [3.63, 3.8) is 0 Å². The first kappa shape index (κ1) is 10.8. The highest BCUT2D eigenvalue weighted by Gasteiger charge is 1.96. The highest BCUT2D eigenvalue weighted by atomic mass is 31.1. The lowest BCUT2D eigenvalue weighted by Gasteiger charge is -2.05. The van der Waals surface area contributed by atoms with Crippen LogP contribution in [0.2, 0.25) is 0 Å². The first-order valence-electron chi connectivity index (χ1n) is 4.91. The molecule has 0 aliphatic rings. The maximum atomic E-state index is 10.5. The summed E-state index contributed by atoms with van der Waals surface area (Å²) >= 11 is 0. The van der Waals surface area contributed by atoms with Gasteiger partial charge in [0.1, 0.15) is 20.8 Å². The Morgan fingerprint density at radius 3 is 2.25 bits per heavy atom. The highest BCUT2D eigenvalue weighted by Crippen LogP contribution is 2.20. The van der Waals surface area contributed by atoms with Crippen molar-refractivity contribution < 1.29 is 9.32 Å². The molecule has 0 radical (unpaired) electrons. The van der Waals surface area contributed by atoms with Crippen molar-refractivity contribution in [2.45, 2.75) is 0 Å². The van der Waals surface area contributed by atoms with Gasteiger partial charge in [-0.15, -0.1) is 0 Å². The molecule has 0 fully saturated rings. The van der Waals surface area contributed by atoms with Crippen LogP contribution in [0.5, 0.6) is 5.75 Å². The second-order valence-corrected chi connectivity index (χ2v) is 4.24. The van der Waals surface area contributed by atoms with Gasteiger partial charge in [-0.25, -0.2) is 0 Å². The van der Waals surface area contributed by atoms with E-state index in [0.717, 1.165) is 17.3 Å². The Hall–Kier alpha value is -1.66. The molecule has 3 heteroatoms. The lowest BCUT2D eigenvalue weighted by Crippen LogP contribution is -1.94. The van der Waals surface area contributed by atoms with Crippen LogP contribution < -0.4 is 9.83 Å². The van der Waals surface area contributed by atoms with Crippen LogP contribution >= 0.6 is 8.81 Å². The van der Waals surface area contributed by atoms with E-state index < -0.39 is 0 Å². The minimum atomic E-state index is 0.291. The van der Waals surface area contributed by atoms with E-state index in [0.29, 0.717) is 14.4 Å². The monoisotopic (exact) mass is 230 g/mol. The van der Waals surface area contributed by atoms with E-state index in [1.807, 2.05) is 30.3 Å². The van der Waals surface area contributed by atoms with Crippen LogP contribution in [-0.4, -0.2) is 6.29 Å². The number of carbonyl (C=O) groups is 1. The largest absolute Gasteiger partial charge is 0.472 e. The second kappa shape index (κ2) is 5.43. The summed E-state index contributed by atoms with van der Waals surface area (Å²) in [4.78, 5) is 10.5. The van der Waals surface area contributed by atoms with Gasteiger partial charge in [-0.1, -0.05) is 30.3 Å². The van der Waals surface area contributed by atoms with E-state index in [9.17, 15) is 4.79 Å². The average Bonchev–Trinajstić information content (AvgIpc) is 2.38. The van der Waals surface area contributed by atoms with Crippen molar-refractivity contribution >= 4 is 20.4 Å². The first-order valence-corrected chi connectivity index (χ1v) is 5.82. The number of aldehydes is 1. The molecule has 0 spiro atoms. The summed E-state index contributed by atoms with van der Waals surface area (Å²) in [5, 5.41) is 1.15. The van der Waals surface area contributed by atoms with Crippen LogP contribution in [0.15, 0.2) is 54.6 Å². The van der Waals surface area contributed by atoms with Crippen LogP contribution in [0.4, 0.5) is 0 Å². The van der Waals surface area contributed by atoms with Crippen molar-refractivity contribution in [2.75, 3.05) is 0 Å². The Morgan fingerprint density at radius 1 is 0.938 bits per heavy atom. The van der Waals surface area contributed by atoms with Crippen molar-refractivity contribution in [2.24, 2.45) is 0 Å². The number of hydrogen-bond donors (Lipinski definition) is 0. The molecule has 2 rings (SSSR count). The third-order valence-electron chi connectivity index (χ3n) is 2.08. The predicted octanol–water partition coefficient (Wildman–Crippen LogP) is 2.80. The summed E-state index contributed by atoms with van der Waals surface area (Å²) < 4.78 is 5.60. The quantitative estimate of drug-likeness (QED) is 0.596. The topological polar surface area (TPSA) is 26.3 Å². The molecule has 0 aromatic heterocycles. The van der Waals surface area contributed by atoms with E-state index in [4.69, 9.17) is 4.52 Å². The Bertz CT molecular complexity index is 451. The van der Waals surface area contributed by atoms with Gasteiger partial charge in [-0.05, 0) is 24.3 Å². The zero-order valence-electron chi connectivity index (χ0n) is 8.59. The molecule has 0 amide bonds. The normalized spacial score (nSPS) is 10.5. The first-order chi connectivity index (χ1) is 7.88. The van der Waals surface area contributed by atoms with Gasteiger partial charge in [0.2, 0.25) is 0 Å². The summed E-state index contributed by atoms with van der Waals surface area (Å²) in [5.74, 6) is 0.785. The molecule has 0 aliphatic carbocycles. The fraction of sp³-hybridized carbons (Fsp3) is 0. The van der Waals surface area contributed by atoms with Gasteiger partial charge in [-0.2, -0.15) is 0 Å². The number of carbonyl (C=O) groups excluding carboxylic acids is 1. The van der Waals surface area contributed by atoms with Crippen molar-refractivity contribution in [3.05, 3.63) is 60.2 Å². The molecule has 0 saturated heterocycles. The Kier molecular flexibility index (Phi) is 3.68. The zero-order chi connectivity index (χ0) is 11.2. The van der Waals surface area contributed by atoms with E-state index in [1.165, 1.54) is 0 Å². The van der Waals surface area contributed by atoms with Crippen molar-refractivity contribution in [1.82, 2.24) is 0 Å². The molecular weight excluding hydrogens is 219 g/mol. The van der Waals surface area contributed by atoms with Crippen molar-refractivity contribution in [3.8, 4) is 5.75 Å². The minimum absolute atomic E-state index is 0.291. The highest BCUT2D eigenvalue weighted by molar-refractivity contribution is 7.42.